The summed E-state index contributed by atoms with van der Waals surface area (Å²) >= 11 is 0. The van der Waals surface area contributed by atoms with Crippen LogP contribution in [0.4, 0.5) is 0 Å². The van der Waals surface area contributed by atoms with Gasteiger partial charge < -0.3 is 10.4 Å². The van der Waals surface area contributed by atoms with Crippen LogP contribution in [0.1, 0.15) is 36.5 Å². The molecule has 0 amide bonds. The van der Waals surface area contributed by atoms with Crippen LogP contribution in [0, 0.1) is 0 Å². The summed E-state index contributed by atoms with van der Waals surface area (Å²) in [6, 6.07) is 33.1. The van der Waals surface area contributed by atoms with Gasteiger partial charge in [0.2, 0.25) is 0 Å². The number of nitrogens with zero attached hydrogens (tertiary/aromatic N) is 2. The van der Waals surface area contributed by atoms with Gasteiger partial charge in [-0.25, -0.2) is 9.98 Å². The molecule has 0 aromatic heterocycles. The Hall–Kier alpha value is -6.26. The minimum atomic E-state index is -0.434. The number of rotatable bonds is 9. The Morgan fingerprint density at radius 1 is 0.780 bits per heavy atom. The minimum absolute atomic E-state index is 0.0102. The number of fused-ring (bicyclic) bond motifs is 3. The molecule has 0 saturated carbocycles. The van der Waals surface area contributed by atoms with E-state index in [1.54, 1.807) is 12.1 Å². The van der Waals surface area contributed by atoms with E-state index in [0.29, 0.717) is 0 Å². The Morgan fingerprint density at radius 3 is 2.34 bits per heavy atom. The Morgan fingerprint density at radius 2 is 1.54 bits per heavy atom. The van der Waals surface area contributed by atoms with Crippen LogP contribution < -0.4 is 5.32 Å². The second-order valence-electron chi connectivity index (χ2n) is 12.3. The molecule has 0 radical (unpaired) electrons. The zero-order valence-electron chi connectivity index (χ0n) is 28.3. The predicted molar refractivity (Wildman–Crippen MR) is 213 cm³/mol. The van der Waals surface area contributed by atoms with Gasteiger partial charge in [-0.1, -0.05) is 152 Å². The van der Waals surface area contributed by atoms with Crippen molar-refractivity contribution in [3.8, 4) is 16.9 Å². The summed E-state index contributed by atoms with van der Waals surface area (Å²) in [6.45, 7) is 7.90. The number of allylic oxidation sites excluding steroid dienone is 8. The second-order valence-corrected chi connectivity index (χ2v) is 12.3. The molecule has 5 aromatic carbocycles. The highest BCUT2D eigenvalue weighted by molar-refractivity contribution is 6.19. The first-order valence-corrected chi connectivity index (χ1v) is 17.0. The molecule has 244 valence electrons. The molecule has 0 saturated heterocycles. The number of nitrogens with one attached hydrogen (secondary N) is 1. The van der Waals surface area contributed by atoms with Crippen LogP contribution >= 0.6 is 0 Å². The second kappa shape index (κ2) is 14.5. The van der Waals surface area contributed by atoms with Gasteiger partial charge in [0.25, 0.3) is 0 Å². The van der Waals surface area contributed by atoms with Crippen molar-refractivity contribution in [2.45, 2.75) is 25.9 Å². The molecular weight excluding hydrogens is 611 g/mol. The van der Waals surface area contributed by atoms with Crippen molar-refractivity contribution in [1.29, 1.82) is 0 Å². The lowest BCUT2D eigenvalue weighted by Crippen LogP contribution is -2.38. The summed E-state index contributed by atoms with van der Waals surface area (Å²) in [7, 11) is 0. The number of phenols is 1. The molecule has 1 aliphatic heterocycles. The number of amidine groups is 2. The largest absolute Gasteiger partial charge is 0.507 e. The number of aromatic hydroxyl groups is 1. The van der Waals surface area contributed by atoms with Crippen LogP contribution in [0.2, 0.25) is 0 Å². The molecule has 7 rings (SSSR count). The summed E-state index contributed by atoms with van der Waals surface area (Å²) in [5.74, 6) is 1.81. The normalized spacial score (nSPS) is 17.9. The number of para-hydroxylation sites is 1. The fourth-order valence-electron chi connectivity index (χ4n) is 6.69. The molecule has 0 spiro atoms. The zero-order chi connectivity index (χ0) is 34.5. The monoisotopic (exact) mass is 649 g/mol. The molecule has 1 heterocycles. The molecule has 0 bridgehead atoms. The molecule has 2 unspecified atom stereocenters. The Labute approximate surface area is 294 Å². The fourth-order valence-corrected chi connectivity index (χ4v) is 6.69. The SMILES string of the molecule is C=C/C=C\C(=C/C)C1N=C(C2=CC(c3ccccc3-c3ccccc3O)C=C2)NC(c2ccc3cc(/C=C\C=C/C)c4ccccc4c3c2)=N1. The lowest BCUT2D eigenvalue weighted by Gasteiger charge is -2.23. The van der Waals surface area contributed by atoms with E-state index in [-0.39, 0.29) is 11.7 Å². The van der Waals surface area contributed by atoms with Gasteiger partial charge in [0, 0.05) is 22.6 Å². The highest BCUT2D eigenvalue weighted by Crippen LogP contribution is 2.38. The zero-order valence-corrected chi connectivity index (χ0v) is 28.3. The van der Waals surface area contributed by atoms with Crippen LogP contribution in [0.3, 0.4) is 0 Å². The molecule has 4 nitrogen and oxygen atoms in total. The van der Waals surface area contributed by atoms with Gasteiger partial charge in [-0.15, -0.1) is 0 Å². The third kappa shape index (κ3) is 6.44. The van der Waals surface area contributed by atoms with E-state index in [9.17, 15) is 5.11 Å². The molecule has 0 fully saturated rings. The van der Waals surface area contributed by atoms with Crippen LogP contribution in [0.25, 0.3) is 38.7 Å². The summed E-state index contributed by atoms with van der Waals surface area (Å²) in [4.78, 5) is 10.3. The molecule has 2 aliphatic rings. The highest BCUT2D eigenvalue weighted by atomic mass is 16.3. The number of hydrogen-bond donors (Lipinski definition) is 2. The first-order valence-electron chi connectivity index (χ1n) is 17.0. The van der Waals surface area contributed by atoms with Gasteiger partial charge >= 0.3 is 0 Å². The Kier molecular flexibility index (Phi) is 9.35. The molecule has 1 aliphatic carbocycles. The highest BCUT2D eigenvalue weighted by Gasteiger charge is 2.25. The first kappa shape index (κ1) is 32.3. The number of aliphatic imine (C=N–C) groups is 2. The van der Waals surface area contributed by atoms with Crippen molar-refractivity contribution < 1.29 is 5.11 Å². The fraction of sp³-hybridized carbons (Fsp3) is 0.0870. The maximum Gasteiger partial charge on any atom is 0.169 e. The minimum Gasteiger partial charge on any atom is -0.507 e. The summed E-state index contributed by atoms with van der Waals surface area (Å²) in [6.07, 6.45) is 22.2. The molecular formula is C46H39N3O. The topological polar surface area (TPSA) is 57.0 Å². The average Bonchev–Trinajstić information content (AvgIpc) is 3.66. The Bertz CT molecular complexity index is 2360. The van der Waals surface area contributed by atoms with Crippen LogP contribution in [0.5, 0.6) is 5.75 Å². The molecule has 4 heteroatoms. The van der Waals surface area contributed by atoms with Gasteiger partial charge in [-0.3, -0.25) is 0 Å². The molecule has 2 N–H and O–H groups in total. The number of benzene rings is 5. The van der Waals surface area contributed by atoms with Crippen molar-refractivity contribution >= 4 is 39.3 Å². The van der Waals surface area contributed by atoms with Crippen LogP contribution in [0.15, 0.2) is 186 Å². The van der Waals surface area contributed by atoms with E-state index in [0.717, 1.165) is 45.1 Å². The predicted octanol–water partition coefficient (Wildman–Crippen LogP) is 11.0. The third-order valence-corrected chi connectivity index (χ3v) is 9.17. The number of hydrogen-bond acceptors (Lipinski definition) is 4. The van der Waals surface area contributed by atoms with Crippen molar-refractivity contribution in [2.75, 3.05) is 0 Å². The van der Waals surface area contributed by atoms with Crippen molar-refractivity contribution in [3.63, 3.8) is 0 Å². The standard InChI is InChI=1S/C46H39N3O/c1-4-7-9-17-32-28-34-25-27-36(30-42(34)40-21-13-11-18-37(32)40)46-48-44(31(6-3)16-8-5-2)47-45(49-46)35-26-24-33(29-35)38-19-10-12-20-39(38)41-22-14-15-23-43(41)50/h4-30,33,44,50H,2H2,1,3H3,(H,47,48,49)/b7-4-,16-8-,17-9-,31-6+. The van der Waals surface area contributed by atoms with E-state index >= 15 is 0 Å². The summed E-state index contributed by atoms with van der Waals surface area (Å²) in [5, 5.41) is 19.0. The third-order valence-electron chi connectivity index (χ3n) is 9.17. The van der Waals surface area contributed by atoms with Crippen molar-refractivity contribution in [1.82, 2.24) is 5.32 Å². The van der Waals surface area contributed by atoms with Gasteiger partial charge in [0.15, 0.2) is 6.17 Å². The van der Waals surface area contributed by atoms with Gasteiger partial charge in [-0.05, 0) is 75.9 Å². The molecule has 2 atom stereocenters. The van der Waals surface area contributed by atoms with E-state index < -0.39 is 6.17 Å². The Balaban J connectivity index is 1.29. The lowest BCUT2D eigenvalue weighted by molar-refractivity contribution is 0.477. The average molecular weight is 650 g/mol. The summed E-state index contributed by atoms with van der Waals surface area (Å²) in [5.41, 5.74) is 7.09. The van der Waals surface area contributed by atoms with Crippen LogP contribution in [-0.2, 0) is 0 Å². The van der Waals surface area contributed by atoms with Gasteiger partial charge in [0.1, 0.15) is 17.4 Å². The maximum atomic E-state index is 10.7. The van der Waals surface area contributed by atoms with Crippen LogP contribution in [-0.4, -0.2) is 22.9 Å². The molecule has 5 aromatic rings. The van der Waals surface area contributed by atoms with Crippen molar-refractivity contribution in [3.05, 3.63) is 192 Å². The van der Waals surface area contributed by atoms with E-state index in [2.05, 4.69) is 115 Å². The summed E-state index contributed by atoms with van der Waals surface area (Å²) < 4.78 is 0. The molecule has 50 heavy (non-hydrogen) atoms. The van der Waals surface area contributed by atoms with E-state index in [1.165, 1.54) is 27.1 Å². The first-order chi connectivity index (χ1) is 24.6. The maximum absolute atomic E-state index is 10.7. The number of phenolic OH excluding ortho intramolecular Hbond substituents is 1. The van der Waals surface area contributed by atoms with E-state index in [1.807, 2.05) is 62.4 Å². The van der Waals surface area contributed by atoms with Gasteiger partial charge in [0.05, 0.1) is 0 Å². The van der Waals surface area contributed by atoms with Gasteiger partial charge in [-0.2, -0.15) is 0 Å². The smallest absolute Gasteiger partial charge is 0.169 e. The van der Waals surface area contributed by atoms with E-state index in [4.69, 9.17) is 9.98 Å². The quantitative estimate of drug-likeness (QED) is 0.123. The van der Waals surface area contributed by atoms with Crippen molar-refractivity contribution in [2.24, 2.45) is 9.98 Å². The lowest BCUT2D eigenvalue weighted by atomic mass is 9.91.